The molecule has 1 aromatic carbocycles. The van der Waals surface area contributed by atoms with E-state index in [0.717, 1.165) is 5.03 Å². The highest BCUT2D eigenvalue weighted by molar-refractivity contribution is 7.99. The molecule has 0 spiro atoms. The van der Waals surface area contributed by atoms with Crippen molar-refractivity contribution < 1.29 is 14.3 Å². The average Bonchev–Trinajstić information content (AvgIpc) is 2.60. The molecule has 2 amide bonds. The summed E-state index contributed by atoms with van der Waals surface area (Å²) >= 11 is 7.44. The summed E-state index contributed by atoms with van der Waals surface area (Å²) in [5, 5.41) is 14.5. The van der Waals surface area contributed by atoms with E-state index < -0.39 is 0 Å². The molecule has 26 heavy (non-hydrogen) atoms. The number of benzene rings is 1. The zero-order valence-electron chi connectivity index (χ0n) is 14.4. The number of thioether (sulfide) groups is 1. The summed E-state index contributed by atoms with van der Waals surface area (Å²) in [6.07, 6.45) is 1.04. The van der Waals surface area contributed by atoms with E-state index in [1.54, 1.807) is 30.3 Å². The maximum Gasteiger partial charge on any atom is 0.224 e. The van der Waals surface area contributed by atoms with E-state index in [0.29, 0.717) is 40.9 Å². The van der Waals surface area contributed by atoms with Crippen molar-refractivity contribution in [3.05, 3.63) is 35.4 Å². The molecule has 0 aliphatic carbocycles. The molecular weight excluding hydrogens is 376 g/mol. The Balaban J connectivity index is 1.75. The molecule has 0 saturated carbocycles. The lowest BCUT2D eigenvalue weighted by Crippen LogP contribution is -2.12. The van der Waals surface area contributed by atoms with Gasteiger partial charge in [0.1, 0.15) is 10.8 Å². The zero-order chi connectivity index (χ0) is 18.9. The van der Waals surface area contributed by atoms with Gasteiger partial charge in [0.25, 0.3) is 0 Å². The molecule has 138 valence electrons. The van der Waals surface area contributed by atoms with Crippen LogP contribution in [0.1, 0.15) is 19.8 Å². The van der Waals surface area contributed by atoms with Crippen LogP contribution in [0.25, 0.3) is 0 Å². The first-order chi connectivity index (χ1) is 12.5. The number of nitrogens with one attached hydrogen (secondary N) is 2. The molecule has 0 bridgehead atoms. The number of halogens is 1. The normalized spacial score (nSPS) is 10.3. The highest BCUT2D eigenvalue weighted by Gasteiger charge is 2.08. The summed E-state index contributed by atoms with van der Waals surface area (Å²) in [5.41, 5.74) is 0.553. The summed E-state index contributed by atoms with van der Waals surface area (Å²) in [7, 11) is 1.54. The van der Waals surface area contributed by atoms with Crippen LogP contribution in [0.5, 0.6) is 5.75 Å². The highest BCUT2D eigenvalue weighted by Crippen LogP contribution is 2.28. The Morgan fingerprint density at radius 1 is 1.19 bits per heavy atom. The minimum absolute atomic E-state index is 0.113. The van der Waals surface area contributed by atoms with E-state index in [-0.39, 0.29) is 11.8 Å². The summed E-state index contributed by atoms with van der Waals surface area (Å²) in [6.45, 7) is 1.41. The Kier molecular flexibility index (Phi) is 7.68. The Bertz CT molecular complexity index is 771. The topological polar surface area (TPSA) is 93.2 Å². The maximum atomic E-state index is 12.1. The van der Waals surface area contributed by atoms with Crippen LogP contribution in [-0.2, 0) is 9.59 Å². The van der Waals surface area contributed by atoms with Crippen LogP contribution in [0.3, 0.4) is 0 Å². The standard InChI is InChI=1S/C17H19ClN4O3S/c1-11(23)19-15-7-8-17(22-21-15)26-9-3-4-16(24)20-13-10-12(18)5-6-14(13)25-2/h5-8,10H,3-4,9H2,1-2H3,(H,20,24)(H,19,21,23). The summed E-state index contributed by atoms with van der Waals surface area (Å²) in [4.78, 5) is 23.0. The van der Waals surface area contributed by atoms with E-state index >= 15 is 0 Å². The second-order valence-electron chi connectivity index (χ2n) is 5.28. The molecule has 0 fully saturated rings. The number of carbonyl (C=O) groups is 2. The van der Waals surface area contributed by atoms with Crippen LogP contribution in [0.4, 0.5) is 11.5 Å². The minimum atomic E-state index is -0.193. The molecule has 0 aliphatic rings. The molecular formula is C17H19ClN4O3S. The predicted octanol–water partition coefficient (Wildman–Crippen LogP) is 3.61. The predicted molar refractivity (Wildman–Crippen MR) is 103 cm³/mol. The number of anilines is 2. The number of rotatable bonds is 8. The van der Waals surface area contributed by atoms with Gasteiger partial charge in [-0.25, -0.2) is 0 Å². The Hall–Kier alpha value is -2.32. The molecule has 9 heteroatoms. The summed E-state index contributed by atoms with van der Waals surface area (Å²) in [5.74, 6) is 1.39. The van der Waals surface area contributed by atoms with Crippen LogP contribution in [0, 0.1) is 0 Å². The van der Waals surface area contributed by atoms with Crippen molar-refractivity contribution in [3.8, 4) is 5.75 Å². The molecule has 2 N–H and O–H groups in total. The number of aromatic nitrogens is 2. The molecule has 1 aromatic heterocycles. The maximum absolute atomic E-state index is 12.1. The van der Waals surface area contributed by atoms with E-state index in [1.807, 2.05) is 0 Å². The van der Waals surface area contributed by atoms with Crippen molar-refractivity contribution in [1.82, 2.24) is 10.2 Å². The van der Waals surface area contributed by atoms with Crippen molar-refractivity contribution in [2.24, 2.45) is 0 Å². The lowest BCUT2D eigenvalue weighted by molar-refractivity contribution is -0.116. The third-order valence-electron chi connectivity index (χ3n) is 3.18. The molecule has 0 aliphatic heterocycles. The smallest absolute Gasteiger partial charge is 0.224 e. The average molecular weight is 395 g/mol. The summed E-state index contributed by atoms with van der Waals surface area (Å²) in [6, 6.07) is 8.52. The van der Waals surface area contributed by atoms with Gasteiger partial charge in [-0.15, -0.1) is 22.0 Å². The largest absolute Gasteiger partial charge is 0.495 e. The first kappa shape index (κ1) is 20.0. The number of carbonyl (C=O) groups excluding carboxylic acids is 2. The Labute approximate surface area is 160 Å². The lowest BCUT2D eigenvalue weighted by atomic mass is 10.2. The van der Waals surface area contributed by atoms with Gasteiger partial charge in [-0.3, -0.25) is 9.59 Å². The van der Waals surface area contributed by atoms with E-state index in [4.69, 9.17) is 16.3 Å². The molecule has 0 radical (unpaired) electrons. The molecule has 1 heterocycles. The van der Waals surface area contributed by atoms with Gasteiger partial charge in [0, 0.05) is 24.1 Å². The minimum Gasteiger partial charge on any atom is -0.495 e. The van der Waals surface area contributed by atoms with Crippen molar-refractivity contribution in [1.29, 1.82) is 0 Å². The van der Waals surface area contributed by atoms with Crippen LogP contribution < -0.4 is 15.4 Å². The van der Waals surface area contributed by atoms with Crippen molar-refractivity contribution in [2.45, 2.75) is 24.8 Å². The van der Waals surface area contributed by atoms with E-state index in [1.165, 1.54) is 25.8 Å². The number of nitrogens with zero attached hydrogens (tertiary/aromatic N) is 2. The number of ether oxygens (including phenoxy) is 1. The van der Waals surface area contributed by atoms with E-state index in [2.05, 4.69) is 20.8 Å². The van der Waals surface area contributed by atoms with Crippen molar-refractivity contribution >= 4 is 46.7 Å². The van der Waals surface area contributed by atoms with Gasteiger partial charge in [-0.2, -0.15) is 0 Å². The SMILES string of the molecule is COc1ccc(Cl)cc1NC(=O)CCCSc1ccc(NC(C)=O)nn1. The number of hydrogen-bond donors (Lipinski definition) is 2. The first-order valence-corrected chi connectivity index (χ1v) is 9.22. The first-order valence-electron chi connectivity index (χ1n) is 7.85. The number of amides is 2. The van der Waals surface area contributed by atoms with Gasteiger partial charge >= 0.3 is 0 Å². The fraction of sp³-hybridized carbons (Fsp3) is 0.294. The zero-order valence-corrected chi connectivity index (χ0v) is 16.0. The highest BCUT2D eigenvalue weighted by atomic mass is 35.5. The van der Waals surface area contributed by atoms with Gasteiger partial charge in [0.2, 0.25) is 11.8 Å². The molecule has 7 nitrogen and oxygen atoms in total. The second-order valence-corrected chi connectivity index (χ2v) is 6.83. The molecule has 0 unspecified atom stereocenters. The fourth-order valence-electron chi connectivity index (χ4n) is 2.04. The quantitative estimate of drug-likeness (QED) is 0.524. The monoisotopic (exact) mass is 394 g/mol. The van der Waals surface area contributed by atoms with Gasteiger partial charge in [-0.05, 0) is 36.8 Å². The van der Waals surface area contributed by atoms with Crippen LogP contribution in [-0.4, -0.2) is 34.9 Å². The number of hydrogen-bond acceptors (Lipinski definition) is 6. The van der Waals surface area contributed by atoms with Gasteiger partial charge in [0.15, 0.2) is 5.82 Å². The Morgan fingerprint density at radius 2 is 2.00 bits per heavy atom. The Morgan fingerprint density at radius 3 is 2.65 bits per heavy atom. The van der Waals surface area contributed by atoms with E-state index in [9.17, 15) is 9.59 Å². The van der Waals surface area contributed by atoms with Crippen LogP contribution >= 0.6 is 23.4 Å². The molecule has 2 aromatic rings. The third kappa shape index (κ3) is 6.53. The van der Waals surface area contributed by atoms with Crippen molar-refractivity contribution in [2.75, 3.05) is 23.5 Å². The van der Waals surface area contributed by atoms with Crippen molar-refractivity contribution in [3.63, 3.8) is 0 Å². The molecule has 0 saturated heterocycles. The van der Waals surface area contributed by atoms with Gasteiger partial charge in [0.05, 0.1) is 12.8 Å². The van der Waals surface area contributed by atoms with Gasteiger partial charge < -0.3 is 15.4 Å². The third-order valence-corrected chi connectivity index (χ3v) is 4.42. The second kappa shape index (κ2) is 9.98. The lowest BCUT2D eigenvalue weighted by Gasteiger charge is -2.10. The van der Waals surface area contributed by atoms with Crippen LogP contribution in [0.2, 0.25) is 5.02 Å². The fourth-order valence-corrected chi connectivity index (χ4v) is 2.98. The molecule has 2 rings (SSSR count). The van der Waals surface area contributed by atoms with Crippen LogP contribution in [0.15, 0.2) is 35.4 Å². The summed E-state index contributed by atoms with van der Waals surface area (Å²) < 4.78 is 5.20. The number of methoxy groups -OCH3 is 1. The van der Waals surface area contributed by atoms with Gasteiger partial charge in [-0.1, -0.05) is 11.6 Å². The molecule has 0 atom stereocenters.